The Balaban J connectivity index is 1.66. The van der Waals surface area contributed by atoms with Gasteiger partial charge in [-0.1, -0.05) is 51.7 Å². The average Bonchev–Trinajstić information content (AvgIpc) is 2.89. The zero-order valence-corrected chi connectivity index (χ0v) is 16.1. The highest BCUT2D eigenvalue weighted by Crippen LogP contribution is 2.55. The fourth-order valence-corrected chi connectivity index (χ4v) is 5.23. The number of unbranched alkanes of at least 4 members (excludes halogenated alkanes) is 3. The topological polar surface area (TPSA) is 58.6 Å². The number of rotatable bonds is 7. The molecular weight excluding hydrogens is 314 g/mol. The van der Waals surface area contributed by atoms with Crippen molar-refractivity contribution in [3.05, 3.63) is 11.6 Å². The minimum Gasteiger partial charge on any atom is -0.461 e. The summed E-state index contributed by atoms with van der Waals surface area (Å²) in [4.78, 5) is 12.5. The Labute approximate surface area is 152 Å². The first kappa shape index (κ1) is 18.9. The summed E-state index contributed by atoms with van der Waals surface area (Å²) in [5.74, 6) is 0.0458. The molecule has 0 aromatic carbocycles. The van der Waals surface area contributed by atoms with E-state index >= 15 is 0 Å². The number of carbonyl (C=O) groups excluding carboxylic acids is 1. The van der Waals surface area contributed by atoms with Crippen LogP contribution in [0, 0.1) is 23.2 Å². The van der Waals surface area contributed by atoms with Crippen molar-refractivity contribution in [2.75, 3.05) is 13.1 Å². The van der Waals surface area contributed by atoms with Crippen LogP contribution < -0.4 is 5.32 Å². The fourth-order valence-electron chi connectivity index (χ4n) is 5.23. The number of hydrogen-bond acceptors (Lipinski definition) is 4. The third kappa shape index (κ3) is 3.40. The first-order valence-electron chi connectivity index (χ1n) is 10.3. The van der Waals surface area contributed by atoms with Gasteiger partial charge in [0.15, 0.2) is 0 Å². The minimum atomic E-state index is -0.494. The lowest BCUT2D eigenvalue weighted by Gasteiger charge is -2.51. The summed E-state index contributed by atoms with van der Waals surface area (Å²) in [7, 11) is 0. The Morgan fingerprint density at radius 1 is 1.36 bits per heavy atom. The van der Waals surface area contributed by atoms with Crippen molar-refractivity contribution in [3.8, 4) is 0 Å². The van der Waals surface area contributed by atoms with Crippen molar-refractivity contribution in [2.24, 2.45) is 23.2 Å². The van der Waals surface area contributed by atoms with Crippen LogP contribution in [0.1, 0.15) is 65.7 Å². The summed E-state index contributed by atoms with van der Waals surface area (Å²) >= 11 is 0. The van der Waals surface area contributed by atoms with Gasteiger partial charge in [0.25, 0.3) is 0 Å². The first-order chi connectivity index (χ1) is 12.0. The van der Waals surface area contributed by atoms with E-state index in [0.717, 1.165) is 32.2 Å². The third-order valence-electron chi connectivity index (χ3n) is 7.14. The number of allylic oxidation sites excluding steroid dienone is 1. The van der Waals surface area contributed by atoms with Gasteiger partial charge in [-0.05, 0) is 31.7 Å². The van der Waals surface area contributed by atoms with Gasteiger partial charge in [-0.2, -0.15) is 0 Å². The number of esters is 1. The Morgan fingerprint density at radius 3 is 2.92 bits per heavy atom. The van der Waals surface area contributed by atoms with Crippen molar-refractivity contribution >= 4 is 5.97 Å². The van der Waals surface area contributed by atoms with Gasteiger partial charge >= 0.3 is 5.97 Å². The van der Waals surface area contributed by atoms with Crippen LogP contribution >= 0.6 is 0 Å². The van der Waals surface area contributed by atoms with Crippen molar-refractivity contribution in [1.29, 1.82) is 0 Å². The molecule has 0 unspecified atom stereocenters. The lowest BCUT2D eigenvalue weighted by molar-refractivity contribution is -0.144. The summed E-state index contributed by atoms with van der Waals surface area (Å²) in [5, 5.41) is 14.7. The number of ether oxygens (including phenoxy) is 1. The number of nitrogens with one attached hydrogen (secondary N) is 1. The molecule has 25 heavy (non-hydrogen) atoms. The molecule has 1 saturated heterocycles. The second-order valence-corrected chi connectivity index (χ2v) is 8.56. The SMILES string of the molecule is CCCCCCNC[C@@H]1C(=O)O[C@H]2CC3=CCC[C@H](C)[C@]3(C)[C@@H](O)[C@@H]21. The van der Waals surface area contributed by atoms with E-state index in [-0.39, 0.29) is 29.3 Å². The molecule has 0 spiro atoms. The first-order valence-corrected chi connectivity index (χ1v) is 10.3. The Kier molecular flexibility index (Phi) is 5.89. The van der Waals surface area contributed by atoms with E-state index in [9.17, 15) is 9.90 Å². The normalized spacial score (nSPS) is 40.2. The van der Waals surface area contributed by atoms with Crippen LogP contribution in [0.3, 0.4) is 0 Å². The zero-order chi connectivity index (χ0) is 18.0. The predicted molar refractivity (Wildman–Crippen MR) is 99.1 cm³/mol. The van der Waals surface area contributed by atoms with Gasteiger partial charge in [0, 0.05) is 24.3 Å². The molecule has 142 valence electrons. The highest BCUT2D eigenvalue weighted by molar-refractivity contribution is 5.76. The van der Waals surface area contributed by atoms with Crippen molar-refractivity contribution in [2.45, 2.75) is 77.9 Å². The molecule has 2 N–H and O–H groups in total. The zero-order valence-electron chi connectivity index (χ0n) is 16.1. The van der Waals surface area contributed by atoms with Gasteiger partial charge in [-0.15, -0.1) is 0 Å². The molecule has 6 atom stereocenters. The summed E-state index contributed by atoms with van der Waals surface area (Å²) < 4.78 is 5.69. The summed E-state index contributed by atoms with van der Waals surface area (Å²) in [6.45, 7) is 8.22. The largest absolute Gasteiger partial charge is 0.461 e. The van der Waals surface area contributed by atoms with E-state index in [4.69, 9.17) is 4.74 Å². The second-order valence-electron chi connectivity index (χ2n) is 8.56. The van der Waals surface area contributed by atoms with E-state index in [0.29, 0.717) is 12.5 Å². The number of carbonyl (C=O) groups is 1. The standard InChI is InChI=1S/C21H35NO3/c1-4-5-6-7-11-22-13-16-18-17(25-20(16)24)12-15-10-8-9-14(2)21(15,3)19(18)23/h10,14,16-19,22-23H,4-9,11-13H2,1-3H3/t14-,16-,17-,18+,19-,21-/m0/s1. The molecule has 0 aromatic heterocycles. The number of aliphatic hydroxyl groups excluding tert-OH is 1. The third-order valence-corrected chi connectivity index (χ3v) is 7.14. The highest BCUT2D eigenvalue weighted by atomic mass is 16.6. The van der Waals surface area contributed by atoms with Crippen LogP contribution in [0.25, 0.3) is 0 Å². The van der Waals surface area contributed by atoms with Crippen LogP contribution in [-0.2, 0) is 9.53 Å². The monoisotopic (exact) mass is 349 g/mol. The van der Waals surface area contributed by atoms with Crippen LogP contribution in [0.15, 0.2) is 11.6 Å². The maximum absolute atomic E-state index is 12.5. The van der Waals surface area contributed by atoms with Gasteiger partial charge in [0.05, 0.1) is 12.0 Å². The van der Waals surface area contributed by atoms with E-state index in [2.05, 4.69) is 32.2 Å². The molecule has 1 aliphatic heterocycles. The van der Waals surface area contributed by atoms with Gasteiger partial charge in [0.1, 0.15) is 6.10 Å². The number of hydrogen-bond donors (Lipinski definition) is 2. The van der Waals surface area contributed by atoms with Gasteiger partial charge < -0.3 is 15.2 Å². The van der Waals surface area contributed by atoms with Gasteiger partial charge in [-0.3, -0.25) is 4.79 Å². The summed E-state index contributed by atoms with van der Waals surface area (Å²) in [6.07, 6.45) is 9.53. The Bertz CT molecular complexity index is 517. The summed E-state index contributed by atoms with van der Waals surface area (Å²) in [5.41, 5.74) is 1.10. The second kappa shape index (κ2) is 7.79. The Morgan fingerprint density at radius 2 is 2.16 bits per heavy atom. The minimum absolute atomic E-state index is 0.0710. The molecule has 1 heterocycles. The number of fused-ring (bicyclic) bond motifs is 2. The average molecular weight is 350 g/mol. The van der Waals surface area contributed by atoms with Crippen LogP contribution in [0.4, 0.5) is 0 Å². The molecule has 0 amide bonds. The van der Waals surface area contributed by atoms with Crippen LogP contribution in [-0.4, -0.2) is 36.4 Å². The molecule has 2 aliphatic carbocycles. The van der Waals surface area contributed by atoms with Crippen molar-refractivity contribution < 1.29 is 14.6 Å². The molecule has 2 fully saturated rings. The molecule has 0 bridgehead atoms. The maximum Gasteiger partial charge on any atom is 0.311 e. The molecule has 0 aromatic rings. The van der Waals surface area contributed by atoms with E-state index in [1.807, 2.05) is 0 Å². The van der Waals surface area contributed by atoms with Crippen LogP contribution in [0.2, 0.25) is 0 Å². The molecule has 3 aliphatic rings. The maximum atomic E-state index is 12.5. The van der Waals surface area contributed by atoms with Gasteiger partial charge in [-0.25, -0.2) is 0 Å². The van der Waals surface area contributed by atoms with Crippen molar-refractivity contribution in [1.82, 2.24) is 5.32 Å². The van der Waals surface area contributed by atoms with E-state index in [1.165, 1.54) is 24.8 Å². The summed E-state index contributed by atoms with van der Waals surface area (Å²) in [6, 6.07) is 0. The molecule has 4 nitrogen and oxygen atoms in total. The molecule has 4 heteroatoms. The Hall–Kier alpha value is -0.870. The lowest BCUT2D eigenvalue weighted by atomic mass is 9.55. The predicted octanol–water partition coefficient (Wildman–Crippen LogP) is 3.44. The van der Waals surface area contributed by atoms with E-state index in [1.54, 1.807) is 0 Å². The smallest absolute Gasteiger partial charge is 0.311 e. The van der Waals surface area contributed by atoms with Crippen LogP contribution in [0.5, 0.6) is 0 Å². The molecule has 3 rings (SSSR count). The number of aliphatic hydroxyl groups is 1. The molecule has 0 radical (unpaired) electrons. The molecular formula is C21H35NO3. The quantitative estimate of drug-likeness (QED) is 0.420. The highest BCUT2D eigenvalue weighted by Gasteiger charge is 2.59. The fraction of sp³-hybridized carbons (Fsp3) is 0.857. The van der Waals surface area contributed by atoms with Crippen molar-refractivity contribution in [3.63, 3.8) is 0 Å². The van der Waals surface area contributed by atoms with E-state index < -0.39 is 6.10 Å². The van der Waals surface area contributed by atoms with Gasteiger partial charge in [0.2, 0.25) is 0 Å². The molecule has 1 saturated carbocycles. The lowest BCUT2D eigenvalue weighted by Crippen LogP contribution is -2.54.